The van der Waals surface area contributed by atoms with Crippen LogP contribution in [0.1, 0.15) is 28.8 Å². The maximum absolute atomic E-state index is 12.7. The Morgan fingerprint density at radius 1 is 1.38 bits per heavy atom. The van der Waals surface area contributed by atoms with Crippen molar-refractivity contribution in [1.82, 2.24) is 9.88 Å². The molecule has 24 heavy (non-hydrogen) atoms. The molecule has 1 aliphatic heterocycles. The molecule has 0 radical (unpaired) electrons. The minimum Gasteiger partial charge on any atom is -0.472 e. The molecular formula is C18H20N2O4. The van der Waals surface area contributed by atoms with Crippen LogP contribution in [0.3, 0.4) is 0 Å². The smallest absolute Gasteiger partial charge is 0.257 e. The summed E-state index contributed by atoms with van der Waals surface area (Å²) in [6.07, 6.45) is 8.32. The first-order valence-electron chi connectivity index (χ1n) is 8.28. The van der Waals surface area contributed by atoms with Crippen molar-refractivity contribution in [3.05, 3.63) is 54.2 Å². The van der Waals surface area contributed by atoms with Gasteiger partial charge in [-0.3, -0.25) is 9.78 Å². The highest BCUT2D eigenvalue weighted by molar-refractivity contribution is 5.94. The van der Waals surface area contributed by atoms with Crippen LogP contribution in [0, 0.1) is 0 Å². The molecule has 0 bridgehead atoms. The summed E-state index contributed by atoms with van der Waals surface area (Å²) in [6.45, 7) is 1.67. The van der Waals surface area contributed by atoms with E-state index in [1.807, 2.05) is 23.2 Å². The Bertz CT molecular complexity index is 674. The molecule has 2 aromatic rings. The maximum atomic E-state index is 12.7. The second-order valence-electron chi connectivity index (χ2n) is 6.20. The molecule has 3 atom stereocenters. The maximum Gasteiger partial charge on any atom is 0.257 e. The summed E-state index contributed by atoms with van der Waals surface area (Å²) in [6, 6.07) is 5.67. The number of hydrogen-bond acceptors (Lipinski definition) is 5. The normalized spacial score (nSPS) is 26.3. The number of furan rings is 1. The van der Waals surface area contributed by atoms with Crippen molar-refractivity contribution in [2.45, 2.75) is 37.7 Å². The molecule has 0 spiro atoms. The first kappa shape index (κ1) is 15.4. The van der Waals surface area contributed by atoms with Crippen molar-refractivity contribution in [3.63, 3.8) is 0 Å². The fraction of sp³-hybridized carbons (Fsp3) is 0.444. The van der Waals surface area contributed by atoms with E-state index in [0.717, 1.165) is 18.4 Å². The van der Waals surface area contributed by atoms with Gasteiger partial charge in [0.15, 0.2) is 0 Å². The molecule has 1 aliphatic carbocycles. The molecule has 0 aromatic carbocycles. The first-order chi connectivity index (χ1) is 11.8. The number of carbonyl (C=O) groups excluding carboxylic acids is 1. The van der Waals surface area contributed by atoms with Crippen LogP contribution in [-0.4, -0.2) is 47.2 Å². The molecule has 4 rings (SSSR count). The lowest BCUT2D eigenvalue weighted by Gasteiger charge is -2.38. The summed E-state index contributed by atoms with van der Waals surface area (Å²) in [7, 11) is 0. The van der Waals surface area contributed by atoms with Crippen LogP contribution in [-0.2, 0) is 16.1 Å². The lowest BCUT2D eigenvalue weighted by molar-refractivity contribution is -0.108. The predicted molar refractivity (Wildman–Crippen MR) is 85.3 cm³/mol. The van der Waals surface area contributed by atoms with Crippen molar-refractivity contribution in [3.8, 4) is 0 Å². The van der Waals surface area contributed by atoms with Crippen LogP contribution in [0.5, 0.6) is 0 Å². The number of carbonyl (C=O) groups is 1. The summed E-state index contributed by atoms with van der Waals surface area (Å²) in [5.41, 5.74) is 1.64. The van der Waals surface area contributed by atoms with Crippen molar-refractivity contribution in [1.29, 1.82) is 0 Å². The lowest BCUT2D eigenvalue weighted by Crippen LogP contribution is -2.53. The molecule has 3 heterocycles. The number of amides is 1. The molecule has 6 nitrogen and oxygen atoms in total. The molecule has 1 saturated carbocycles. The van der Waals surface area contributed by atoms with E-state index in [0.29, 0.717) is 25.3 Å². The van der Waals surface area contributed by atoms with Gasteiger partial charge in [0.25, 0.3) is 5.91 Å². The monoisotopic (exact) mass is 328 g/mol. The summed E-state index contributed by atoms with van der Waals surface area (Å²) < 4.78 is 17.0. The van der Waals surface area contributed by atoms with Gasteiger partial charge in [0, 0.05) is 18.9 Å². The highest BCUT2D eigenvalue weighted by Gasteiger charge is 2.45. The van der Waals surface area contributed by atoms with Crippen LogP contribution < -0.4 is 0 Å². The fourth-order valence-electron chi connectivity index (χ4n) is 3.58. The summed E-state index contributed by atoms with van der Waals surface area (Å²) in [5, 5.41) is 0. The first-order valence-corrected chi connectivity index (χ1v) is 8.28. The third-order valence-electron chi connectivity index (χ3n) is 4.75. The minimum atomic E-state index is -0.0636. The summed E-state index contributed by atoms with van der Waals surface area (Å²) in [5.74, 6) is 0.00922. The zero-order chi connectivity index (χ0) is 16.4. The molecule has 126 valence electrons. The molecular weight excluding hydrogens is 308 g/mol. The number of nitrogens with zero attached hydrogens (tertiary/aromatic N) is 2. The summed E-state index contributed by atoms with van der Waals surface area (Å²) in [4.78, 5) is 18.7. The number of fused-ring (bicyclic) bond motifs is 1. The van der Waals surface area contributed by atoms with Gasteiger partial charge in [-0.15, -0.1) is 0 Å². The SMILES string of the molecule is O=C(c1ccoc1)N1CCO[C@H]2[C@@H](OCc3cccnc3)CC[C@@H]21. The topological polar surface area (TPSA) is 64.8 Å². The highest BCUT2D eigenvalue weighted by Crippen LogP contribution is 2.33. The van der Waals surface area contributed by atoms with Gasteiger partial charge in [0.2, 0.25) is 0 Å². The van der Waals surface area contributed by atoms with Crippen LogP contribution in [0.4, 0.5) is 0 Å². The van der Waals surface area contributed by atoms with Crippen molar-refractivity contribution in [2.24, 2.45) is 0 Å². The molecule has 0 unspecified atom stereocenters. The Morgan fingerprint density at radius 2 is 2.33 bits per heavy atom. The number of morpholine rings is 1. The van der Waals surface area contributed by atoms with E-state index in [1.165, 1.54) is 12.5 Å². The third-order valence-corrected chi connectivity index (χ3v) is 4.75. The Hall–Kier alpha value is -2.18. The summed E-state index contributed by atoms with van der Waals surface area (Å²) >= 11 is 0. The van der Waals surface area contributed by atoms with E-state index in [-0.39, 0.29) is 24.2 Å². The number of hydrogen-bond donors (Lipinski definition) is 0. The van der Waals surface area contributed by atoms with E-state index in [9.17, 15) is 4.79 Å². The number of pyridine rings is 1. The number of ether oxygens (including phenoxy) is 2. The average Bonchev–Trinajstić information content (AvgIpc) is 3.30. The van der Waals surface area contributed by atoms with Gasteiger partial charge in [-0.05, 0) is 30.5 Å². The molecule has 1 saturated heterocycles. The molecule has 2 fully saturated rings. The molecule has 2 aliphatic rings. The third kappa shape index (κ3) is 2.95. The van der Waals surface area contributed by atoms with Crippen molar-refractivity contribution >= 4 is 5.91 Å². The standard InChI is InChI=1S/C18H20N2O4/c21-18(14-5-8-22-12-14)20-7-9-23-17-15(20)3-4-16(17)24-11-13-2-1-6-19-10-13/h1-2,5-6,8,10,12,15-17H,3-4,7,9,11H2/t15-,16-,17+/m0/s1. The van der Waals surface area contributed by atoms with Crippen LogP contribution >= 0.6 is 0 Å². The van der Waals surface area contributed by atoms with Crippen molar-refractivity contribution in [2.75, 3.05) is 13.2 Å². The van der Waals surface area contributed by atoms with Crippen LogP contribution in [0.15, 0.2) is 47.5 Å². The van der Waals surface area contributed by atoms with E-state index in [4.69, 9.17) is 13.9 Å². The Balaban J connectivity index is 1.42. The molecule has 0 N–H and O–H groups in total. The van der Waals surface area contributed by atoms with Crippen LogP contribution in [0.2, 0.25) is 0 Å². The van der Waals surface area contributed by atoms with E-state index in [2.05, 4.69) is 4.98 Å². The lowest BCUT2D eigenvalue weighted by atomic mass is 10.1. The van der Waals surface area contributed by atoms with Gasteiger partial charge in [-0.25, -0.2) is 0 Å². The fourth-order valence-corrected chi connectivity index (χ4v) is 3.58. The largest absolute Gasteiger partial charge is 0.472 e. The Morgan fingerprint density at radius 3 is 3.12 bits per heavy atom. The van der Waals surface area contributed by atoms with Gasteiger partial charge in [0.05, 0.1) is 37.2 Å². The number of rotatable bonds is 4. The Labute approximate surface area is 140 Å². The number of aromatic nitrogens is 1. The predicted octanol–water partition coefficient (Wildman–Crippen LogP) is 2.26. The average molecular weight is 328 g/mol. The van der Waals surface area contributed by atoms with Gasteiger partial charge >= 0.3 is 0 Å². The van der Waals surface area contributed by atoms with E-state index in [1.54, 1.807) is 12.3 Å². The second-order valence-corrected chi connectivity index (χ2v) is 6.20. The zero-order valence-corrected chi connectivity index (χ0v) is 13.3. The van der Waals surface area contributed by atoms with E-state index < -0.39 is 0 Å². The quantitative estimate of drug-likeness (QED) is 0.861. The Kier molecular flexibility index (Phi) is 4.32. The second kappa shape index (κ2) is 6.75. The van der Waals surface area contributed by atoms with Crippen LogP contribution in [0.25, 0.3) is 0 Å². The van der Waals surface area contributed by atoms with Gasteiger partial charge in [0.1, 0.15) is 12.4 Å². The molecule has 6 heteroatoms. The van der Waals surface area contributed by atoms with Gasteiger partial charge in [-0.2, -0.15) is 0 Å². The van der Waals surface area contributed by atoms with E-state index >= 15 is 0 Å². The zero-order valence-electron chi connectivity index (χ0n) is 13.3. The minimum absolute atomic E-state index is 0.00922. The molecule has 1 amide bonds. The van der Waals surface area contributed by atoms with Crippen molar-refractivity contribution < 1.29 is 18.7 Å². The molecule has 2 aromatic heterocycles. The highest BCUT2D eigenvalue weighted by atomic mass is 16.5. The van der Waals surface area contributed by atoms with Gasteiger partial charge < -0.3 is 18.8 Å². The van der Waals surface area contributed by atoms with Gasteiger partial charge in [-0.1, -0.05) is 6.07 Å².